The molecule has 3 heteroatoms. The fourth-order valence-corrected chi connectivity index (χ4v) is 2.56. The van der Waals surface area contributed by atoms with E-state index in [4.69, 9.17) is 11.6 Å². The maximum absolute atomic E-state index is 5.81. The van der Waals surface area contributed by atoms with Gasteiger partial charge in [-0.25, -0.2) is 4.98 Å². The number of nitrogens with zero attached hydrogens (tertiary/aromatic N) is 1. The van der Waals surface area contributed by atoms with Gasteiger partial charge in [0.25, 0.3) is 0 Å². The molecule has 0 aromatic carbocycles. The molecule has 1 aromatic heterocycles. The minimum Gasteiger partial charge on any atom is -0.367 e. The molecule has 0 aliphatic heterocycles. The van der Waals surface area contributed by atoms with Gasteiger partial charge in [0.05, 0.1) is 5.02 Å². The van der Waals surface area contributed by atoms with Crippen LogP contribution >= 0.6 is 11.6 Å². The molecule has 0 amide bonds. The summed E-state index contributed by atoms with van der Waals surface area (Å²) in [5.74, 6) is 1.73. The largest absolute Gasteiger partial charge is 0.367 e. The normalized spacial score (nSPS) is 19.4. The number of nitrogens with one attached hydrogen (secondary N) is 1. The lowest BCUT2D eigenvalue weighted by molar-refractivity contribution is 0.328. The molecule has 1 heterocycles. The summed E-state index contributed by atoms with van der Waals surface area (Å²) < 4.78 is 0. The third-order valence-electron chi connectivity index (χ3n) is 3.46. The maximum Gasteiger partial charge on any atom is 0.126 e. The van der Waals surface area contributed by atoms with Crippen LogP contribution in [-0.4, -0.2) is 11.0 Å². The van der Waals surface area contributed by atoms with Crippen LogP contribution in [0.2, 0.25) is 5.02 Å². The summed E-state index contributed by atoms with van der Waals surface area (Å²) in [6.45, 7) is 2.26. The summed E-state index contributed by atoms with van der Waals surface area (Å²) in [6.07, 6.45) is 8.55. The topological polar surface area (TPSA) is 24.9 Å². The van der Waals surface area contributed by atoms with Crippen molar-refractivity contribution < 1.29 is 0 Å². The van der Waals surface area contributed by atoms with Gasteiger partial charge in [-0.2, -0.15) is 0 Å². The van der Waals surface area contributed by atoms with E-state index in [1.807, 2.05) is 12.1 Å². The van der Waals surface area contributed by atoms with E-state index in [0.29, 0.717) is 11.1 Å². The first-order valence-corrected chi connectivity index (χ1v) is 6.51. The SMILES string of the molecule is CC(Nc1ccc(Cl)cn1)C1CCCCC1. The van der Waals surface area contributed by atoms with Crippen LogP contribution < -0.4 is 5.32 Å². The monoisotopic (exact) mass is 238 g/mol. The molecule has 0 spiro atoms. The van der Waals surface area contributed by atoms with Crippen LogP contribution in [0.25, 0.3) is 0 Å². The number of anilines is 1. The Morgan fingerprint density at radius 1 is 1.31 bits per heavy atom. The van der Waals surface area contributed by atoms with Crippen LogP contribution in [0.1, 0.15) is 39.0 Å². The average molecular weight is 239 g/mol. The number of hydrogen-bond donors (Lipinski definition) is 1. The van der Waals surface area contributed by atoms with Crippen molar-refractivity contribution in [2.45, 2.75) is 45.1 Å². The number of hydrogen-bond acceptors (Lipinski definition) is 2. The number of pyridine rings is 1. The van der Waals surface area contributed by atoms with Gasteiger partial charge in [-0.15, -0.1) is 0 Å². The number of halogens is 1. The predicted octanol–water partition coefficient (Wildman–Crippen LogP) is 4.12. The Kier molecular flexibility index (Phi) is 4.05. The number of aromatic nitrogens is 1. The van der Waals surface area contributed by atoms with Crippen molar-refractivity contribution in [3.05, 3.63) is 23.4 Å². The Morgan fingerprint density at radius 2 is 2.06 bits per heavy atom. The van der Waals surface area contributed by atoms with Crippen molar-refractivity contribution >= 4 is 17.4 Å². The zero-order chi connectivity index (χ0) is 11.4. The summed E-state index contributed by atoms with van der Waals surface area (Å²) in [5.41, 5.74) is 0. The van der Waals surface area contributed by atoms with E-state index in [9.17, 15) is 0 Å². The highest BCUT2D eigenvalue weighted by molar-refractivity contribution is 6.30. The van der Waals surface area contributed by atoms with E-state index in [2.05, 4.69) is 17.2 Å². The predicted molar refractivity (Wildman–Crippen MR) is 68.9 cm³/mol. The second-order valence-electron chi connectivity index (χ2n) is 4.69. The zero-order valence-electron chi connectivity index (χ0n) is 9.75. The molecule has 0 saturated heterocycles. The number of rotatable bonds is 3. The van der Waals surface area contributed by atoms with Crippen LogP contribution in [0.5, 0.6) is 0 Å². The quantitative estimate of drug-likeness (QED) is 0.857. The van der Waals surface area contributed by atoms with Crippen LogP contribution in [0.4, 0.5) is 5.82 Å². The van der Waals surface area contributed by atoms with Crippen LogP contribution in [-0.2, 0) is 0 Å². The highest BCUT2D eigenvalue weighted by Crippen LogP contribution is 2.27. The minimum absolute atomic E-state index is 0.508. The lowest BCUT2D eigenvalue weighted by atomic mass is 9.84. The highest BCUT2D eigenvalue weighted by Gasteiger charge is 2.19. The second kappa shape index (κ2) is 5.53. The van der Waals surface area contributed by atoms with Gasteiger partial charge in [-0.05, 0) is 37.8 Å². The van der Waals surface area contributed by atoms with Crippen molar-refractivity contribution in [2.24, 2.45) is 5.92 Å². The Bertz CT molecular complexity index is 317. The van der Waals surface area contributed by atoms with Crippen molar-refractivity contribution in [1.29, 1.82) is 0 Å². The van der Waals surface area contributed by atoms with E-state index in [0.717, 1.165) is 11.7 Å². The van der Waals surface area contributed by atoms with Gasteiger partial charge in [-0.3, -0.25) is 0 Å². The Labute approximate surface area is 102 Å². The van der Waals surface area contributed by atoms with E-state index < -0.39 is 0 Å². The summed E-state index contributed by atoms with van der Waals surface area (Å²) in [5, 5.41) is 4.16. The molecule has 1 N–H and O–H groups in total. The first-order chi connectivity index (χ1) is 7.75. The Morgan fingerprint density at radius 3 is 2.69 bits per heavy atom. The smallest absolute Gasteiger partial charge is 0.126 e. The molecular formula is C13H19ClN2. The van der Waals surface area contributed by atoms with Gasteiger partial charge in [0.1, 0.15) is 5.82 Å². The lowest BCUT2D eigenvalue weighted by Crippen LogP contribution is -2.27. The first-order valence-electron chi connectivity index (χ1n) is 6.14. The fourth-order valence-electron chi connectivity index (χ4n) is 2.45. The van der Waals surface area contributed by atoms with Gasteiger partial charge in [0.15, 0.2) is 0 Å². The summed E-state index contributed by atoms with van der Waals surface area (Å²) in [4.78, 5) is 4.27. The lowest BCUT2D eigenvalue weighted by Gasteiger charge is -2.28. The molecule has 1 atom stereocenters. The van der Waals surface area contributed by atoms with Gasteiger partial charge >= 0.3 is 0 Å². The van der Waals surface area contributed by atoms with Gasteiger partial charge in [-0.1, -0.05) is 30.9 Å². The molecular weight excluding hydrogens is 220 g/mol. The van der Waals surface area contributed by atoms with Crippen molar-refractivity contribution in [2.75, 3.05) is 5.32 Å². The van der Waals surface area contributed by atoms with Crippen molar-refractivity contribution in [3.63, 3.8) is 0 Å². The summed E-state index contributed by atoms with van der Waals surface area (Å²) in [6, 6.07) is 4.33. The van der Waals surface area contributed by atoms with Crippen LogP contribution in [0, 0.1) is 5.92 Å². The fraction of sp³-hybridized carbons (Fsp3) is 0.615. The van der Waals surface area contributed by atoms with Crippen molar-refractivity contribution in [3.8, 4) is 0 Å². The first kappa shape index (κ1) is 11.7. The summed E-state index contributed by atoms with van der Waals surface area (Å²) >= 11 is 5.81. The van der Waals surface area contributed by atoms with E-state index in [1.165, 1.54) is 32.1 Å². The van der Waals surface area contributed by atoms with Gasteiger partial charge in [0, 0.05) is 12.2 Å². The van der Waals surface area contributed by atoms with Gasteiger partial charge in [0.2, 0.25) is 0 Å². The zero-order valence-corrected chi connectivity index (χ0v) is 10.5. The van der Waals surface area contributed by atoms with E-state index in [1.54, 1.807) is 6.20 Å². The maximum atomic E-state index is 5.81. The molecule has 1 fully saturated rings. The molecule has 16 heavy (non-hydrogen) atoms. The molecule has 88 valence electrons. The molecule has 1 aliphatic rings. The molecule has 0 bridgehead atoms. The van der Waals surface area contributed by atoms with Gasteiger partial charge < -0.3 is 5.32 Å². The van der Waals surface area contributed by atoms with Crippen molar-refractivity contribution in [1.82, 2.24) is 4.98 Å². The van der Waals surface area contributed by atoms with Crippen LogP contribution in [0.15, 0.2) is 18.3 Å². The van der Waals surface area contributed by atoms with E-state index in [-0.39, 0.29) is 0 Å². The molecule has 2 nitrogen and oxygen atoms in total. The Balaban J connectivity index is 1.90. The molecule has 1 saturated carbocycles. The molecule has 0 radical (unpaired) electrons. The molecule has 1 aliphatic carbocycles. The van der Waals surface area contributed by atoms with Crippen LogP contribution in [0.3, 0.4) is 0 Å². The van der Waals surface area contributed by atoms with E-state index >= 15 is 0 Å². The average Bonchev–Trinajstić information content (AvgIpc) is 2.33. The molecule has 1 aromatic rings. The molecule has 2 rings (SSSR count). The minimum atomic E-state index is 0.508. The standard InChI is InChI=1S/C13H19ClN2/c1-10(11-5-3-2-4-6-11)16-13-8-7-12(14)9-15-13/h7-11H,2-6H2,1H3,(H,15,16). The highest BCUT2D eigenvalue weighted by atomic mass is 35.5. The third kappa shape index (κ3) is 3.11. The second-order valence-corrected chi connectivity index (χ2v) is 5.13. The Hall–Kier alpha value is -0.760. The summed E-state index contributed by atoms with van der Waals surface area (Å²) in [7, 11) is 0. The third-order valence-corrected chi connectivity index (χ3v) is 3.68. The molecule has 1 unspecified atom stereocenters.